The molecule has 0 fully saturated rings. The highest BCUT2D eigenvalue weighted by atomic mass is 15.2. The minimum absolute atomic E-state index is 0.0507. The molecular weight excluding hydrogens is 184 g/mol. The molecule has 0 aliphatic carbocycles. The summed E-state index contributed by atoms with van der Waals surface area (Å²) in [6.07, 6.45) is 0. The molecule has 2 heteroatoms. The predicted octanol–water partition coefficient (Wildman–Crippen LogP) is 2.59. The van der Waals surface area contributed by atoms with Gasteiger partial charge in [-0.05, 0) is 33.3 Å². The van der Waals surface area contributed by atoms with Gasteiger partial charge in [0, 0.05) is 0 Å². The van der Waals surface area contributed by atoms with Crippen LogP contribution in [-0.4, -0.2) is 16.9 Å². The van der Waals surface area contributed by atoms with Crippen LogP contribution in [0.4, 0.5) is 0 Å². The fraction of sp³-hybridized carbons (Fsp3) is 0.462. The van der Waals surface area contributed by atoms with Gasteiger partial charge in [-0.1, -0.05) is 30.3 Å². The van der Waals surface area contributed by atoms with Gasteiger partial charge in [-0.15, -0.1) is 0 Å². The van der Waals surface area contributed by atoms with Crippen LogP contribution >= 0.6 is 0 Å². The molecule has 0 unspecified atom stereocenters. The molecule has 0 saturated carbocycles. The van der Waals surface area contributed by atoms with Crippen molar-refractivity contribution in [3.8, 4) is 0 Å². The average Bonchev–Trinajstić information content (AvgIpc) is 2.36. The van der Waals surface area contributed by atoms with Crippen LogP contribution in [0, 0.1) is 0 Å². The van der Waals surface area contributed by atoms with Gasteiger partial charge in [0.15, 0.2) is 0 Å². The molecule has 1 aliphatic rings. The zero-order valence-corrected chi connectivity index (χ0v) is 9.83. The Labute approximate surface area is 91.4 Å². The van der Waals surface area contributed by atoms with E-state index in [1.165, 1.54) is 5.56 Å². The normalized spacial score (nSPS) is 22.5. The number of hydrogen-bond donors (Lipinski definition) is 1. The van der Waals surface area contributed by atoms with Gasteiger partial charge < -0.3 is 0 Å². The smallest absolute Gasteiger partial charge is 0.106 e. The van der Waals surface area contributed by atoms with Crippen molar-refractivity contribution in [1.29, 1.82) is 0 Å². The van der Waals surface area contributed by atoms with Crippen LogP contribution in [-0.2, 0) is 0 Å². The zero-order chi connectivity index (χ0) is 11.1. The van der Waals surface area contributed by atoms with Crippen molar-refractivity contribution >= 4 is 5.71 Å². The van der Waals surface area contributed by atoms with Crippen molar-refractivity contribution in [3.63, 3.8) is 0 Å². The number of nitrogens with zero attached hydrogens (tertiary/aromatic N) is 1. The molecule has 0 amide bonds. The van der Waals surface area contributed by atoms with E-state index in [1.807, 2.05) is 6.07 Å². The lowest BCUT2D eigenvalue weighted by Gasteiger charge is -2.25. The fourth-order valence-electron chi connectivity index (χ4n) is 2.29. The first-order chi connectivity index (χ1) is 6.91. The Hall–Kier alpha value is -1.15. The first-order valence-corrected chi connectivity index (χ1v) is 5.36. The highest BCUT2D eigenvalue weighted by Crippen LogP contribution is 2.26. The Balaban J connectivity index is 2.45. The summed E-state index contributed by atoms with van der Waals surface area (Å²) in [4.78, 5) is 4.75. The van der Waals surface area contributed by atoms with Gasteiger partial charge in [-0.25, -0.2) is 0 Å². The minimum atomic E-state index is -0.158. The third-order valence-corrected chi connectivity index (χ3v) is 2.65. The number of rotatable bonds is 1. The van der Waals surface area contributed by atoms with Gasteiger partial charge >= 0.3 is 0 Å². The molecule has 0 radical (unpaired) electrons. The molecule has 15 heavy (non-hydrogen) atoms. The van der Waals surface area contributed by atoms with Crippen molar-refractivity contribution in [2.24, 2.45) is 4.99 Å². The molecule has 1 aromatic carbocycles. The SMILES string of the molecule is CC1(C)N=C(c2ccccc2)C(C)(C)N1. The van der Waals surface area contributed by atoms with Crippen molar-refractivity contribution < 1.29 is 0 Å². The van der Waals surface area contributed by atoms with E-state index >= 15 is 0 Å². The molecule has 0 bridgehead atoms. The minimum Gasteiger partial charge on any atom is -0.283 e. The van der Waals surface area contributed by atoms with E-state index < -0.39 is 0 Å². The Morgan fingerprint density at radius 3 is 2.07 bits per heavy atom. The maximum absolute atomic E-state index is 4.75. The summed E-state index contributed by atoms with van der Waals surface area (Å²) in [5, 5.41) is 3.51. The standard InChI is InChI=1S/C13H18N2/c1-12(2)11(14-13(3,4)15-12)10-8-6-5-7-9-10/h5-9,15H,1-4H3. The summed E-state index contributed by atoms with van der Waals surface area (Å²) < 4.78 is 0. The second-order valence-corrected chi connectivity index (χ2v) is 5.14. The Morgan fingerprint density at radius 1 is 1.00 bits per heavy atom. The highest BCUT2D eigenvalue weighted by molar-refractivity contribution is 6.08. The second kappa shape index (κ2) is 3.17. The van der Waals surface area contributed by atoms with Gasteiger partial charge in [0.05, 0.1) is 11.3 Å². The lowest BCUT2D eigenvalue weighted by Crippen LogP contribution is -2.48. The summed E-state index contributed by atoms with van der Waals surface area (Å²) >= 11 is 0. The molecule has 1 heterocycles. The quantitative estimate of drug-likeness (QED) is 0.743. The van der Waals surface area contributed by atoms with Gasteiger partial charge in [0.2, 0.25) is 0 Å². The van der Waals surface area contributed by atoms with Gasteiger partial charge in [0.25, 0.3) is 0 Å². The largest absolute Gasteiger partial charge is 0.283 e. The van der Waals surface area contributed by atoms with E-state index in [9.17, 15) is 0 Å². The molecule has 0 atom stereocenters. The topological polar surface area (TPSA) is 24.4 Å². The molecule has 2 nitrogen and oxygen atoms in total. The Morgan fingerprint density at radius 2 is 1.60 bits per heavy atom. The van der Waals surface area contributed by atoms with Crippen LogP contribution in [0.3, 0.4) is 0 Å². The number of hydrogen-bond acceptors (Lipinski definition) is 2. The molecule has 1 N–H and O–H groups in total. The van der Waals surface area contributed by atoms with E-state index in [4.69, 9.17) is 4.99 Å². The van der Waals surface area contributed by atoms with Crippen LogP contribution < -0.4 is 5.32 Å². The summed E-state index contributed by atoms with van der Waals surface area (Å²) in [5.41, 5.74) is 2.15. The average molecular weight is 202 g/mol. The molecule has 1 aliphatic heterocycles. The van der Waals surface area contributed by atoms with E-state index in [0.717, 1.165) is 5.71 Å². The molecular formula is C13H18N2. The lowest BCUT2D eigenvalue weighted by molar-refractivity contribution is 0.371. The van der Waals surface area contributed by atoms with Crippen LogP contribution in [0.25, 0.3) is 0 Å². The molecule has 0 saturated heterocycles. The van der Waals surface area contributed by atoms with Crippen molar-refractivity contribution in [3.05, 3.63) is 35.9 Å². The van der Waals surface area contributed by atoms with Crippen molar-refractivity contribution in [2.75, 3.05) is 0 Å². The summed E-state index contributed by atoms with van der Waals surface area (Å²) in [5.74, 6) is 0. The van der Waals surface area contributed by atoms with Crippen molar-refractivity contribution in [2.45, 2.75) is 38.9 Å². The molecule has 0 aromatic heterocycles. The fourth-order valence-corrected chi connectivity index (χ4v) is 2.29. The van der Waals surface area contributed by atoms with Crippen molar-refractivity contribution in [1.82, 2.24) is 5.32 Å². The van der Waals surface area contributed by atoms with E-state index in [1.54, 1.807) is 0 Å². The second-order valence-electron chi connectivity index (χ2n) is 5.14. The Bertz CT molecular complexity index is 388. The first-order valence-electron chi connectivity index (χ1n) is 5.36. The number of aliphatic imine (C=N–C) groups is 1. The molecule has 80 valence electrons. The van der Waals surface area contributed by atoms with E-state index in [-0.39, 0.29) is 11.2 Å². The van der Waals surface area contributed by atoms with Gasteiger partial charge in [0.1, 0.15) is 5.66 Å². The number of nitrogens with one attached hydrogen (secondary N) is 1. The van der Waals surface area contributed by atoms with E-state index in [2.05, 4.69) is 57.3 Å². The summed E-state index contributed by atoms with van der Waals surface area (Å²) in [7, 11) is 0. The highest BCUT2D eigenvalue weighted by Gasteiger charge is 2.38. The lowest BCUT2D eigenvalue weighted by atomic mass is 9.93. The summed E-state index contributed by atoms with van der Waals surface area (Å²) in [6.45, 7) is 8.55. The predicted molar refractivity (Wildman–Crippen MR) is 64.3 cm³/mol. The third-order valence-electron chi connectivity index (χ3n) is 2.65. The van der Waals surface area contributed by atoms with E-state index in [0.29, 0.717) is 0 Å². The van der Waals surface area contributed by atoms with Gasteiger partial charge in [-0.3, -0.25) is 10.3 Å². The maximum Gasteiger partial charge on any atom is 0.106 e. The van der Waals surface area contributed by atoms with Crippen LogP contribution in [0.5, 0.6) is 0 Å². The Kier molecular flexibility index (Phi) is 2.19. The number of benzene rings is 1. The summed E-state index contributed by atoms with van der Waals surface area (Å²) in [6, 6.07) is 10.4. The molecule has 1 aromatic rings. The molecule has 0 spiro atoms. The van der Waals surface area contributed by atoms with Crippen LogP contribution in [0.1, 0.15) is 33.3 Å². The van der Waals surface area contributed by atoms with Crippen LogP contribution in [0.15, 0.2) is 35.3 Å². The first kappa shape index (κ1) is 10.4. The van der Waals surface area contributed by atoms with Crippen LogP contribution in [0.2, 0.25) is 0 Å². The monoisotopic (exact) mass is 202 g/mol. The maximum atomic E-state index is 4.75. The molecule has 2 rings (SSSR count). The zero-order valence-electron chi connectivity index (χ0n) is 9.83. The van der Waals surface area contributed by atoms with Gasteiger partial charge in [-0.2, -0.15) is 0 Å². The third kappa shape index (κ3) is 1.95.